The van der Waals surface area contributed by atoms with Gasteiger partial charge in [-0.3, -0.25) is 4.90 Å². The van der Waals surface area contributed by atoms with Crippen molar-refractivity contribution in [3.63, 3.8) is 0 Å². The van der Waals surface area contributed by atoms with Crippen LogP contribution in [0.3, 0.4) is 0 Å². The lowest BCUT2D eigenvalue weighted by atomic mass is 10.2. The van der Waals surface area contributed by atoms with Crippen molar-refractivity contribution in [2.75, 3.05) is 26.2 Å². The molecule has 0 aromatic carbocycles. The van der Waals surface area contributed by atoms with E-state index in [4.69, 9.17) is 5.11 Å². The molecule has 2 N–H and O–H groups in total. The Balaban J connectivity index is 1.64. The Morgan fingerprint density at radius 3 is 2.60 bits per heavy atom. The number of aliphatic hydroxyl groups is 1. The summed E-state index contributed by atoms with van der Waals surface area (Å²) in [5.41, 5.74) is 1.25. The van der Waals surface area contributed by atoms with E-state index in [0.29, 0.717) is 0 Å². The predicted molar refractivity (Wildman–Crippen MR) is 61.8 cm³/mol. The summed E-state index contributed by atoms with van der Waals surface area (Å²) in [6.45, 7) is 7.06. The molecule has 3 heteroatoms. The summed E-state index contributed by atoms with van der Waals surface area (Å²) in [7, 11) is 0. The molecule has 2 aliphatic carbocycles. The molecule has 2 rings (SSSR count). The van der Waals surface area contributed by atoms with Crippen molar-refractivity contribution in [2.45, 2.75) is 37.8 Å². The lowest BCUT2D eigenvalue weighted by Crippen LogP contribution is -2.33. The van der Waals surface area contributed by atoms with Crippen LogP contribution in [0, 0.1) is 0 Å². The number of rotatable bonds is 8. The maximum atomic E-state index is 8.97. The Kier molecular flexibility index (Phi) is 3.78. The number of nitrogens with zero attached hydrogens (tertiary/aromatic N) is 1. The maximum Gasteiger partial charge on any atom is 0.0558 e. The first-order chi connectivity index (χ1) is 7.29. The summed E-state index contributed by atoms with van der Waals surface area (Å²) < 4.78 is 0. The van der Waals surface area contributed by atoms with Gasteiger partial charge < -0.3 is 10.4 Å². The molecule has 0 atom stereocenters. The molecule has 3 nitrogen and oxygen atoms in total. The van der Waals surface area contributed by atoms with E-state index < -0.39 is 0 Å². The molecular weight excluding hydrogens is 188 g/mol. The van der Waals surface area contributed by atoms with Gasteiger partial charge in [0.25, 0.3) is 0 Å². The molecule has 86 valence electrons. The highest BCUT2D eigenvalue weighted by molar-refractivity contribution is 5.03. The fourth-order valence-electron chi connectivity index (χ4n) is 1.88. The van der Waals surface area contributed by atoms with Crippen LogP contribution in [-0.2, 0) is 0 Å². The fourth-order valence-corrected chi connectivity index (χ4v) is 1.88. The van der Waals surface area contributed by atoms with E-state index in [1.807, 2.05) is 0 Å². The topological polar surface area (TPSA) is 35.5 Å². The molecule has 2 aliphatic rings. The van der Waals surface area contributed by atoms with Crippen LogP contribution in [0.4, 0.5) is 0 Å². The van der Waals surface area contributed by atoms with Gasteiger partial charge in [0, 0.05) is 31.7 Å². The first-order valence-corrected chi connectivity index (χ1v) is 6.04. The zero-order chi connectivity index (χ0) is 10.7. The number of aliphatic hydroxyl groups excluding tert-OH is 1. The third-order valence-corrected chi connectivity index (χ3v) is 3.10. The smallest absolute Gasteiger partial charge is 0.0558 e. The normalized spacial score (nSPS) is 20.9. The summed E-state index contributed by atoms with van der Waals surface area (Å²) in [6.07, 6.45) is 5.25. The summed E-state index contributed by atoms with van der Waals surface area (Å²) in [6, 6.07) is 1.48. The molecule has 0 aromatic rings. The molecule has 0 aliphatic heterocycles. The van der Waals surface area contributed by atoms with Crippen LogP contribution >= 0.6 is 0 Å². The number of hydrogen-bond acceptors (Lipinski definition) is 3. The second kappa shape index (κ2) is 5.10. The van der Waals surface area contributed by atoms with Gasteiger partial charge in [0.1, 0.15) is 0 Å². The van der Waals surface area contributed by atoms with E-state index in [0.717, 1.165) is 31.7 Å². The molecule has 15 heavy (non-hydrogen) atoms. The van der Waals surface area contributed by atoms with Crippen LogP contribution in [-0.4, -0.2) is 48.3 Å². The highest BCUT2D eigenvalue weighted by Crippen LogP contribution is 2.27. The van der Waals surface area contributed by atoms with Gasteiger partial charge in [0.05, 0.1) is 6.61 Å². The van der Waals surface area contributed by atoms with Gasteiger partial charge >= 0.3 is 0 Å². The highest BCUT2D eigenvalue weighted by atomic mass is 16.3. The van der Waals surface area contributed by atoms with Gasteiger partial charge in [-0.2, -0.15) is 0 Å². The van der Waals surface area contributed by atoms with Crippen LogP contribution in [0.5, 0.6) is 0 Å². The van der Waals surface area contributed by atoms with Crippen molar-refractivity contribution in [2.24, 2.45) is 0 Å². The quantitative estimate of drug-likeness (QED) is 0.580. The molecule has 0 spiro atoms. The SMILES string of the molecule is C=C(CNC1CC1)CN(CCO)C1CC1. The van der Waals surface area contributed by atoms with Crippen molar-refractivity contribution in [3.8, 4) is 0 Å². The first-order valence-electron chi connectivity index (χ1n) is 6.04. The van der Waals surface area contributed by atoms with Crippen LogP contribution in [0.15, 0.2) is 12.2 Å². The minimum Gasteiger partial charge on any atom is -0.395 e. The van der Waals surface area contributed by atoms with Gasteiger partial charge in [0.15, 0.2) is 0 Å². The Morgan fingerprint density at radius 1 is 1.33 bits per heavy atom. The molecule has 0 amide bonds. The van der Waals surface area contributed by atoms with Crippen molar-refractivity contribution >= 4 is 0 Å². The summed E-state index contributed by atoms with van der Waals surface area (Å²) >= 11 is 0. The monoisotopic (exact) mass is 210 g/mol. The predicted octanol–water partition coefficient (Wildman–Crippen LogP) is 0.751. The molecule has 2 fully saturated rings. The molecular formula is C12H22N2O. The Bertz CT molecular complexity index is 222. The molecule has 2 saturated carbocycles. The summed E-state index contributed by atoms with van der Waals surface area (Å²) in [5.74, 6) is 0. The van der Waals surface area contributed by atoms with Crippen LogP contribution in [0.25, 0.3) is 0 Å². The van der Waals surface area contributed by atoms with E-state index in [2.05, 4.69) is 16.8 Å². The standard InChI is InChI=1S/C12H22N2O/c1-10(8-13-11-2-3-11)9-14(6-7-15)12-4-5-12/h11-13,15H,1-9H2. The number of nitrogens with one attached hydrogen (secondary N) is 1. The Hall–Kier alpha value is -0.380. The van der Waals surface area contributed by atoms with E-state index in [1.165, 1.54) is 31.3 Å². The minimum atomic E-state index is 0.264. The molecule has 0 saturated heterocycles. The zero-order valence-corrected chi connectivity index (χ0v) is 9.41. The molecule has 0 bridgehead atoms. The third kappa shape index (κ3) is 3.93. The van der Waals surface area contributed by atoms with Crippen LogP contribution in [0.1, 0.15) is 25.7 Å². The van der Waals surface area contributed by atoms with E-state index >= 15 is 0 Å². The summed E-state index contributed by atoms with van der Waals surface area (Å²) in [5, 5.41) is 12.4. The van der Waals surface area contributed by atoms with Crippen LogP contribution < -0.4 is 5.32 Å². The Labute approximate surface area is 92.2 Å². The average Bonchev–Trinajstić information content (AvgIpc) is 3.05. The van der Waals surface area contributed by atoms with E-state index in [9.17, 15) is 0 Å². The lowest BCUT2D eigenvalue weighted by Gasteiger charge is -2.22. The largest absolute Gasteiger partial charge is 0.395 e. The second-order valence-electron chi connectivity index (χ2n) is 4.83. The van der Waals surface area contributed by atoms with E-state index in [-0.39, 0.29) is 6.61 Å². The van der Waals surface area contributed by atoms with Gasteiger partial charge in [-0.25, -0.2) is 0 Å². The molecule has 0 aromatic heterocycles. The lowest BCUT2D eigenvalue weighted by molar-refractivity contribution is 0.199. The van der Waals surface area contributed by atoms with Gasteiger partial charge in [0.2, 0.25) is 0 Å². The number of hydrogen-bond donors (Lipinski definition) is 2. The minimum absolute atomic E-state index is 0.264. The van der Waals surface area contributed by atoms with Crippen molar-refractivity contribution in [1.29, 1.82) is 0 Å². The highest BCUT2D eigenvalue weighted by Gasteiger charge is 2.28. The zero-order valence-electron chi connectivity index (χ0n) is 9.41. The second-order valence-corrected chi connectivity index (χ2v) is 4.83. The van der Waals surface area contributed by atoms with Gasteiger partial charge in [-0.1, -0.05) is 6.58 Å². The van der Waals surface area contributed by atoms with Crippen LogP contribution in [0.2, 0.25) is 0 Å². The Morgan fingerprint density at radius 2 is 2.07 bits per heavy atom. The van der Waals surface area contributed by atoms with Gasteiger partial charge in [-0.05, 0) is 31.3 Å². The maximum absolute atomic E-state index is 8.97. The summed E-state index contributed by atoms with van der Waals surface area (Å²) in [4.78, 5) is 2.36. The van der Waals surface area contributed by atoms with Crippen molar-refractivity contribution < 1.29 is 5.11 Å². The molecule has 0 heterocycles. The van der Waals surface area contributed by atoms with Crippen molar-refractivity contribution in [3.05, 3.63) is 12.2 Å². The van der Waals surface area contributed by atoms with E-state index in [1.54, 1.807) is 0 Å². The van der Waals surface area contributed by atoms with Gasteiger partial charge in [-0.15, -0.1) is 0 Å². The molecule has 0 radical (unpaired) electrons. The fraction of sp³-hybridized carbons (Fsp3) is 0.833. The third-order valence-electron chi connectivity index (χ3n) is 3.10. The molecule has 0 unspecified atom stereocenters. The average molecular weight is 210 g/mol. The first kappa shape index (κ1) is 11.1. The van der Waals surface area contributed by atoms with Crippen molar-refractivity contribution in [1.82, 2.24) is 10.2 Å².